The summed E-state index contributed by atoms with van der Waals surface area (Å²) in [4.78, 5) is 10.4. The fourth-order valence-corrected chi connectivity index (χ4v) is 9.43. The van der Waals surface area contributed by atoms with Gasteiger partial charge in [0.2, 0.25) is 0 Å². The number of benzene rings is 9. The Morgan fingerprint density at radius 3 is 1.64 bits per heavy atom. The summed E-state index contributed by atoms with van der Waals surface area (Å²) < 4.78 is 0. The molecular weight excluding hydrogens is 713 g/mol. The fourth-order valence-electron chi connectivity index (χ4n) is 9.43. The highest BCUT2D eigenvalue weighted by Gasteiger charge is 2.38. The average molecular weight is 753 g/mol. The van der Waals surface area contributed by atoms with E-state index in [0.717, 1.165) is 33.5 Å². The third kappa shape index (κ3) is 5.87. The van der Waals surface area contributed by atoms with Gasteiger partial charge in [-0.1, -0.05) is 208 Å². The molecule has 0 amide bonds. The van der Waals surface area contributed by atoms with E-state index in [0.29, 0.717) is 5.82 Å². The molecule has 0 saturated carbocycles. The molecule has 278 valence electrons. The van der Waals surface area contributed by atoms with Crippen LogP contribution in [0.2, 0.25) is 0 Å². The van der Waals surface area contributed by atoms with Crippen molar-refractivity contribution in [1.29, 1.82) is 0 Å². The Hall–Kier alpha value is -7.42. The molecule has 0 unspecified atom stereocenters. The van der Waals surface area contributed by atoms with Crippen LogP contribution in [0.4, 0.5) is 0 Å². The largest absolute Gasteiger partial charge is 0.228 e. The van der Waals surface area contributed by atoms with Gasteiger partial charge in [-0.05, 0) is 89.3 Å². The van der Waals surface area contributed by atoms with Crippen LogP contribution in [0.5, 0.6) is 0 Å². The summed E-state index contributed by atoms with van der Waals surface area (Å²) in [5.74, 6) is 0.708. The lowest BCUT2D eigenvalue weighted by molar-refractivity contribution is 0.666. The van der Waals surface area contributed by atoms with Gasteiger partial charge in [-0.3, -0.25) is 0 Å². The molecule has 0 atom stereocenters. The fraction of sp³-hybridized carbons (Fsp3) is 0.0526. The molecule has 1 aliphatic carbocycles. The van der Waals surface area contributed by atoms with Gasteiger partial charge in [0.15, 0.2) is 5.82 Å². The lowest BCUT2D eigenvalue weighted by Crippen LogP contribution is -2.15. The molecular formula is C57H40N2. The lowest BCUT2D eigenvalue weighted by Gasteiger charge is -2.23. The van der Waals surface area contributed by atoms with Crippen molar-refractivity contribution in [1.82, 2.24) is 9.97 Å². The molecule has 0 bridgehead atoms. The molecule has 2 nitrogen and oxygen atoms in total. The predicted octanol–water partition coefficient (Wildman–Crippen LogP) is 15.1. The van der Waals surface area contributed by atoms with Crippen molar-refractivity contribution in [2.75, 3.05) is 0 Å². The third-order valence-electron chi connectivity index (χ3n) is 12.3. The topological polar surface area (TPSA) is 25.8 Å². The Kier molecular flexibility index (Phi) is 8.20. The van der Waals surface area contributed by atoms with Crippen molar-refractivity contribution in [3.05, 3.63) is 217 Å². The van der Waals surface area contributed by atoms with E-state index in [4.69, 9.17) is 9.97 Å². The smallest absolute Gasteiger partial charge is 0.160 e. The molecule has 10 aromatic rings. The minimum absolute atomic E-state index is 0.113. The van der Waals surface area contributed by atoms with Crippen LogP contribution >= 0.6 is 0 Å². The highest BCUT2D eigenvalue weighted by molar-refractivity contribution is 6.06. The second-order valence-electron chi connectivity index (χ2n) is 16.1. The molecule has 0 aliphatic heterocycles. The second-order valence-corrected chi connectivity index (χ2v) is 16.1. The molecule has 1 aromatic heterocycles. The van der Waals surface area contributed by atoms with E-state index in [9.17, 15) is 0 Å². The van der Waals surface area contributed by atoms with Gasteiger partial charge in [0.1, 0.15) is 0 Å². The molecule has 1 aliphatic rings. The zero-order valence-electron chi connectivity index (χ0n) is 33.0. The van der Waals surface area contributed by atoms with Crippen molar-refractivity contribution in [2.24, 2.45) is 0 Å². The molecule has 0 N–H and O–H groups in total. The summed E-state index contributed by atoms with van der Waals surface area (Å²) >= 11 is 0. The number of fused-ring (bicyclic) bond motifs is 6. The molecule has 0 spiro atoms. The van der Waals surface area contributed by atoms with Crippen LogP contribution in [0.25, 0.3) is 100.0 Å². The van der Waals surface area contributed by atoms with Gasteiger partial charge in [0.25, 0.3) is 0 Å². The number of nitrogens with zero attached hydrogens (tertiary/aromatic N) is 2. The number of hydrogen-bond donors (Lipinski definition) is 0. The standard InChI is InChI=1S/C57H40N2/c1-57(2)51-26-14-25-45(54(51)50-32-31-39-17-9-10-22-46(39)55(50)57)43-21-13-20-42(35-43)44-33-34-49(48-24-12-11-23-47(44)48)53-36-52(58-56(59-53)41-18-7-4-8-19-41)40-29-27-38(28-30-40)37-15-5-3-6-16-37/h3-36H,1-2H3. The maximum atomic E-state index is 5.24. The summed E-state index contributed by atoms with van der Waals surface area (Å²) in [7, 11) is 0. The molecule has 0 saturated heterocycles. The first-order valence-electron chi connectivity index (χ1n) is 20.4. The van der Waals surface area contributed by atoms with Crippen LogP contribution in [0.3, 0.4) is 0 Å². The summed E-state index contributed by atoms with van der Waals surface area (Å²) in [5.41, 5.74) is 17.5. The van der Waals surface area contributed by atoms with Crippen molar-refractivity contribution in [3.63, 3.8) is 0 Å². The van der Waals surface area contributed by atoms with E-state index in [1.165, 1.54) is 71.8 Å². The monoisotopic (exact) mass is 752 g/mol. The van der Waals surface area contributed by atoms with Gasteiger partial charge in [-0.2, -0.15) is 0 Å². The molecule has 1 heterocycles. The van der Waals surface area contributed by atoms with Gasteiger partial charge >= 0.3 is 0 Å². The Labute approximate surface area is 345 Å². The Balaban J connectivity index is 1.03. The maximum Gasteiger partial charge on any atom is 0.160 e. The highest BCUT2D eigenvalue weighted by Crippen LogP contribution is 2.54. The van der Waals surface area contributed by atoms with Crippen LogP contribution in [0.1, 0.15) is 25.0 Å². The normalized spacial score (nSPS) is 12.7. The van der Waals surface area contributed by atoms with Crippen LogP contribution in [0.15, 0.2) is 206 Å². The Morgan fingerprint density at radius 1 is 0.339 bits per heavy atom. The van der Waals surface area contributed by atoms with E-state index >= 15 is 0 Å². The zero-order chi connectivity index (χ0) is 39.5. The van der Waals surface area contributed by atoms with Gasteiger partial charge in [-0.25, -0.2) is 9.97 Å². The van der Waals surface area contributed by atoms with Gasteiger partial charge in [-0.15, -0.1) is 0 Å². The van der Waals surface area contributed by atoms with E-state index in [2.05, 4.69) is 202 Å². The van der Waals surface area contributed by atoms with E-state index in [-0.39, 0.29) is 5.41 Å². The Bertz CT molecular complexity index is 3220. The van der Waals surface area contributed by atoms with Gasteiger partial charge in [0.05, 0.1) is 11.4 Å². The average Bonchev–Trinajstić information content (AvgIpc) is 3.55. The molecule has 0 fully saturated rings. The first-order valence-corrected chi connectivity index (χ1v) is 20.4. The first kappa shape index (κ1) is 34.8. The maximum absolute atomic E-state index is 5.24. The van der Waals surface area contributed by atoms with Crippen LogP contribution in [-0.4, -0.2) is 9.97 Å². The summed E-state index contributed by atoms with van der Waals surface area (Å²) in [6.07, 6.45) is 0. The van der Waals surface area contributed by atoms with Crippen molar-refractivity contribution >= 4 is 21.5 Å². The molecule has 9 aromatic carbocycles. The zero-order valence-corrected chi connectivity index (χ0v) is 33.0. The van der Waals surface area contributed by atoms with Crippen LogP contribution < -0.4 is 0 Å². The van der Waals surface area contributed by atoms with Crippen LogP contribution in [0, 0.1) is 0 Å². The summed E-state index contributed by atoms with van der Waals surface area (Å²) in [6, 6.07) is 74.3. The third-order valence-corrected chi connectivity index (χ3v) is 12.3. The highest BCUT2D eigenvalue weighted by atomic mass is 14.9. The van der Waals surface area contributed by atoms with E-state index in [1.54, 1.807) is 0 Å². The predicted molar refractivity (Wildman–Crippen MR) is 247 cm³/mol. The van der Waals surface area contributed by atoms with Crippen molar-refractivity contribution < 1.29 is 0 Å². The summed E-state index contributed by atoms with van der Waals surface area (Å²) in [5, 5.41) is 4.97. The SMILES string of the molecule is CC1(C)c2cccc(-c3cccc(-c4ccc(-c5cc(-c6ccc(-c7ccccc7)cc6)nc(-c6ccccc6)n5)c5ccccc45)c3)c2-c2ccc3ccccc3c21. The van der Waals surface area contributed by atoms with Gasteiger partial charge in [0, 0.05) is 22.1 Å². The number of aromatic nitrogens is 2. The van der Waals surface area contributed by atoms with Crippen molar-refractivity contribution in [2.45, 2.75) is 19.3 Å². The molecule has 2 heteroatoms. The molecule has 0 radical (unpaired) electrons. The second kappa shape index (κ2) is 13.9. The number of rotatable bonds is 6. The lowest BCUT2D eigenvalue weighted by atomic mass is 9.80. The quantitative estimate of drug-likeness (QED) is 0.169. The molecule has 11 rings (SSSR count). The molecule has 59 heavy (non-hydrogen) atoms. The van der Waals surface area contributed by atoms with E-state index in [1.807, 2.05) is 18.2 Å². The van der Waals surface area contributed by atoms with E-state index < -0.39 is 0 Å². The minimum Gasteiger partial charge on any atom is -0.228 e. The van der Waals surface area contributed by atoms with Gasteiger partial charge < -0.3 is 0 Å². The number of hydrogen-bond acceptors (Lipinski definition) is 2. The minimum atomic E-state index is -0.113. The Morgan fingerprint density at radius 2 is 0.881 bits per heavy atom. The first-order chi connectivity index (χ1) is 29.0. The van der Waals surface area contributed by atoms with Crippen LogP contribution in [-0.2, 0) is 5.41 Å². The summed E-state index contributed by atoms with van der Waals surface area (Å²) in [6.45, 7) is 4.76. The van der Waals surface area contributed by atoms with Crippen molar-refractivity contribution in [3.8, 4) is 78.4 Å².